The van der Waals surface area contributed by atoms with Crippen LogP contribution in [-0.4, -0.2) is 24.5 Å². The van der Waals surface area contributed by atoms with E-state index in [1.54, 1.807) is 0 Å². The average molecular weight is 274 g/mol. The third-order valence-electron chi connectivity index (χ3n) is 5.07. The summed E-state index contributed by atoms with van der Waals surface area (Å²) in [6, 6.07) is 9.27. The first kappa shape index (κ1) is 15.5. The van der Waals surface area contributed by atoms with Crippen LogP contribution in [0.3, 0.4) is 0 Å². The zero-order valence-electron chi connectivity index (χ0n) is 13.2. The van der Waals surface area contributed by atoms with Crippen LogP contribution < -0.4 is 5.73 Å². The Kier molecular flexibility index (Phi) is 5.62. The van der Waals surface area contributed by atoms with Gasteiger partial charge in [-0.25, -0.2) is 0 Å². The second kappa shape index (κ2) is 7.24. The summed E-state index contributed by atoms with van der Waals surface area (Å²) in [6.07, 6.45) is 6.57. The minimum absolute atomic E-state index is 0.256. The quantitative estimate of drug-likeness (QED) is 0.857. The van der Waals surface area contributed by atoms with E-state index in [9.17, 15) is 0 Å². The lowest BCUT2D eigenvalue weighted by molar-refractivity contribution is 0.294. The van der Waals surface area contributed by atoms with Crippen molar-refractivity contribution >= 4 is 0 Å². The molecule has 0 radical (unpaired) electrons. The highest BCUT2D eigenvalue weighted by molar-refractivity contribution is 5.30. The Morgan fingerprint density at radius 3 is 2.10 bits per heavy atom. The summed E-state index contributed by atoms with van der Waals surface area (Å²) in [5.74, 6) is 0. The van der Waals surface area contributed by atoms with Crippen molar-refractivity contribution < 1.29 is 0 Å². The largest absolute Gasteiger partial charge is 0.330 e. The molecule has 0 saturated heterocycles. The average Bonchev–Trinajstić information content (AvgIpc) is 2.53. The van der Waals surface area contributed by atoms with E-state index in [0.717, 1.165) is 26.2 Å². The predicted molar refractivity (Wildman–Crippen MR) is 86.9 cm³/mol. The second-order valence-electron chi connectivity index (χ2n) is 6.20. The van der Waals surface area contributed by atoms with Crippen LogP contribution in [0, 0.1) is 0 Å². The monoisotopic (exact) mass is 274 g/mol. The van der Waals surface area contributed by atoms with Crippen molar-refractivity contribution in [2.45, 2.75) is 57.9 Å². The molecule has 2 rings (SSSR count). The van der Waals surface area contributed by atoms with Gasteiger partial charge in [0.1, 0.15) is 0 Å². The van der Waals surface area contributed by atoms with Crippen molar-refractivity contribution in [3.8, 4) is 0 Å². The molecule has 0 aliphatic heterocycles. The fourth-order valence-electron chi connectivity index (χ4n) is 3.51. The van der Waals surface area contributed by atoms with Crippen LogP contribution in [0.4, 0.5) is 0 Å². The van der Waals surface area contributed by atoms with Gasteiger partial charge in [-0.15, -0.1) is 0 Å². The smallest absolute Gasteiger partial charge is 0.0233 e. The molecule has 1 saturated carbocycles. The fourth-order valence-corrected chi connectivity index (χ4v) is 3.51. The van der Waals surface area contributed by atoms with Crippen molar-refractivity contribution in [1.29, 1.82) is 0 Å². The minimum Gasteiger partial charge on any atom is -0.330 e. The number of nitrogens with zero attached hydrogens (tertiary/aromatic N) is 1. The van der Waals surface area contributed by atoms with Crippen LogP contribution in [0.25, 0.3) is 0 Å². The standard InChI is InChI=1S/C18H30N2/c1-3-20(4-2)14-16-8-10-17(11-9-16)18(15-19)12-6-5-7-13-18/h8-11H,3-7,12-15,19H2,1-2H3. The van der Waals surface area contributed by atoms with Crippen LogP contribution >= 0.6 is 0 Å². The summed E-state index contributed by atoms with van der Waals surface area (Å²) in [4.78, 5) is 2.45. The number of benzene rings is 1. The van der Waals surface area contributed by atoms with Gasteiger partial charge in [0.15, 0.2) is 0 Å². The van der Waals surface area contributed by atoms with Gasteiger partial charge in [0.25, 0.3) is 0 Å². The van der Waals surface area contributed by atoms with Gasteiger partial charge in [0.2, 0.25) is 0 Å². The van der Waals surface area contributed by atoms with Crippen LogP contribution in [0.15, 0.2) is 24.3 Å². The third kappa shape index (κ3) is 3.42. The molecule has 0 aromatic heterocycles. The molecule has 0 unspecified atom stereocenters. The van der Waals surface area contributed by atoms with Crippen LogP contribution in [0.1, 0.15) is 57.1 Å². The highest BCUT2D eigenvalue weighted by atomic mass is 15.1. The van der Waals surface area contributed by atoms with Gasteiger partial charge in [-0.2, -0.15) is 0 Å². The van der Waals surface area contributed by atoms with Crippen LogP contribution in [0.2, 0.25) is 0 Å². The number of hydrogen-bond donors (Lipinski definition) is 1. The number of hydrogen-bond acceptors (Lipinski definition) is 2. The maximum Gasteiger partial charge on any atom is 0.0233 e. The van der Waals surface area contributed by atoms with E-state index in [4.69, 9.17) is 5.73 Å². The molecule has 2 nitrogen and oxygen atoms in total. The zero-order valence-corrected chi connectivity index (χ0v) is 13.2. The maximum atomic E-state index is 6.12. The van der Waals surface area contributed by atoms with E-state index < -0.39 is 0 Å². The second-order valence-corrected chi connectivity index (χ2v) is 6.20. The molecule has 0 atom stereocenters. The maximum absolute atomic E-state index is 6.12. The molecule has 0 amide bonds. The van der Waals surface area contributed by atoms with Gasteiger partial charge >= 0.3 is 0 Å². The summed E-state index contributed by atoms with van der Waals surface area (Å²) < 4.78 is 0. The number of nitrogens with two attached hydrogens (primary N) is 1. The first-order valence-electron chi connectivity index (χ1n) is 8.26. The van der Waals surface area contributed by atoms with E-state index in [0.29, 0.717) is 0 Å². The normalized spacial score (nSPS) is 18.4. The SMILES string of the molecule is CCN(CC)Cc1ccc(C2(CN)CCCCC2)cc1. The summed E-state index contributed by atoms with van der Waals surface area (Å²) in [5, 5.41) is 0. The minimum atomic E-state index is 0.256. The molecule has 0 spiro atoms. The van der Waals surface area contributed by atoms with Gasteiger partial charge in [0, 0.05) is 18.5 Å². The molecule has 1 fully saturated rings. The van der Waals surface area contributed by atoms with Crippen molar-refractivity contribution in [1.82, 2.24) is 4.90 Å². The van der Waals surface area contributed by atoms with E-state index in [-0.39, 0.29) is 5.41 Å². The van der Waals surface area contributed by atoms with Crippen molar-refractivity contribution in [2.75, 3.05) is 19.6 Å². The number of rotatable bonds is 6. The molecule has 1 aromatic rings. The highest BCUT2D eigenvalue weighted by Crippen LogP contribution is 2.38. The Balaban J connectivity index is 2.10. The molecule has 20 heavy (non-hydrogen) atoms. The topological polar surface area (TPSA) is 29.3 Å². The first-order chi connectivity index (χ1) is 9.74. The Morgan fingerprint density at radius 1 is 1.00 bits per heavy atom. The van der Waals surface area contributed by atoms with E-state index in [2.05, 4.69) is 43.0 Å². The van der Waals surface area contributed by atoms with E-state index in [1.165, 1.54) is 43.2 Å². The summed E-state index contributed by atoms with van der Waals surface area (Å²) in [6.45, 7) is 8.54. The van der Waals surface area contributed by atoms with Crippen LogP contribution in [0.5, 0.6) is 0 Å². The summed E-state index contributed by atoms with van der Waals surface area (Å²) in [5.41, 5.74) is 9.26. The molecule has 2 heteroatoms. The molecule has 0 heterocycles. The van der Waals surface area contributed by atoms with E-state index in [1.807, 2.05) is 0 Å². The van der Waals surface area contributed by atoms with Crippen molar-refractivity contribution in [3.63, 3.8) is 0 Å². The summed E-state index contributed by atoms with van der Waals surface area (Å²) in [7, 11) is 0. The lowest BCUT2D eigenvalue weighted by Gasteiger charge is -2.37. The summed E-state index contributed by atoms with van der Waals surface area (Å²) >= 11 is 0. The molecular weight excluding hydrogens is 244 g/mol. The highest BCUT2D eigenvalue weighted by Gasteiger charge is 2.32. The Bertz CT molecular complexity index is 386. The molecule has 112 valence electrons. The van der Waals surface area contributed by atoms with Gasteiger partial charge in [-0.3, -0.25) is 4.90 Å². The predicted octanol–water partition coefficient (Wildman–Crippen LogP) is 3.69. The molecule has 0 bridgehead atoms. The molecular formula is C18H30N2. The van der Waals surface area contributed by atoms with Crippen molar-refractivity contribution in [3.05, 3.63) is 35.4 Å². The van der Waals surface area contributed by atoms with Gasteiger partial charge in [-0.05, 0) is 37.1 Å². The Morgan fingerprint density at radius 2 is 1.60 bits per heavy atom. The molecule has 1 aromatic carbocycles. The first-order valence-corrected chi connectivity index (χ1v) is 8.26. The molecule has 2 N–H and O–H groups in total. The van der Waals surface area contributed by atoms with Gasteiger partial charge < -0.3 is 5.73 Å². The van der Waals surface area contributed by atoms with E-state index >= 15 is 0 Å². The third-order valence-corrected chi connectivity index (χ3v) is 5.07. The Hall–Kier alpha value is -0.860. The molecule has 1 aliphatic carbocycles. The van der Waals surface area contributed by atoms with Crippen molar-refractivity contribution in [2.24, 2.45) is 5.73 Å². The molecule has 1 aliphatic rings. The zero-order chi connectivity index (χ0) is 14.4. The van der Waals surface area contributed by atoms with Gasteiger partial charge in [0.05, 0.1) is 0 Å². The lowest BCUT2D eigenvalue weighted by Crippen LogP contribution is -2.37. The Labute approximate surface area is 124 Å². The van der Waals surface area contributed by atoms with Gasteiger partial charge in [-0.1, -0.05) is 57.4 Å². The van der Waals surface area contributed by atoms with Crippen LogP contribution in [-0.2, 0) is 12.0 Å². The fraction of sp³-hybridized carbons (Fsp3) is 0.667. The lowest BCUT2D eigenvalue weighted by atomic mass is 9.69.